The quantitative estimate of drug-likeness (QED) is 0.658. The van der Waals surface area contributed by atoms with Crippen LogP contribution in [-0.2, 0) is 4.79 Å². The molecular weight excluding hydrogens is 310 g/mol. The second kappa shape index (κ2) is 7.84. The molecule has 0 aliphatic carbocycles. The van der Waals surface area contributed by atoms with E-state index in [1.165, 1.54) is 5.56 Å². The Morgan fingerprint density at radius 1 is 1.00 bits per heavy atom. The number of anilines is 1. The van der Waals surface area contributed by atoms with Gasteiger partial charge in [0.25, 0.3) is 5.91 Å². The zero-order valence-electron chi connectivity index (χ0n) is 14.7. The normalized spacial score (nSPS) is 11.9. The first-order valence-corrected chi connectivity index (χ1v) is 8.67. The SMILES string of the molecule is CCC(C)c1ccc(NC(=O)COc2ccc3ccccc3c2)cc1. The highest BCUT2D eigenvalue weighted by Crippen LogP contribution is 2.21. The highest BCUT2D eigenvalue weighted by Gasteiger charge is 2.06. The molecule has 128 valence electrons. The van der Waals surface area contributed by atoms with Crippen molar-refractivity contribution in [3.63, 3.8) is 0 Å². The molecule has 0 radical (unpaired) electrons. The minimum Gasteiger partial charge on any atom is -0.484 e. The van der Waals surface area contributed by atoms with Crippen molar-refractivity contribution in [2.75, 3.05) is 11.9 Å². The van der Waals surface area contributed by atoms with Crippen LogP contribution in [0.1, 0.15) is 31.7 Å². The van der Waals surface area contributed by atoms with Gasteiger partial charge in [-0.2, -0.15) is 0 Å². The van der Waals surface area contributed by atoms with Gasteiger partial charge in [0.1, 0.15) is 5.75 Å². The molecule has 0 aliphatic rings. The van der Waals surface area contributed by atoms with Gasteiger partial charge in [0.15, 0.2) is 6.61 Å². The number of fused-ring (bicyclic) bond motifs is 1. The molecule has 1 N–H and O–H groups in total. The number of amides is 1. The van der Waals surface area contributed by atoms with E-state index in [0.29, 0.717) is 11.7 Å². The largest absolute Gasteiger partial charge is 0.484 e. The van der Waals surface area contributed by atoms with E-state index in [1.807, 2.05) is 48.5 Å². The maximum absolute atomic E-state index is 12.1. The molecule has 1 amide bonds. The first kappa shape index (κ1) is 17.0. The zero-order valence-corrected chi connectivity index (χ0v) is 14.7. The average molecular weight is 333 g/mol. The van der Waals surface area contributed by atoms with Crippen LogP contribution in [0.15, 0.2) is 66.7 Å². The molecule has 3 aromatic carbocycles. The molecule has 3 nitrogen and oxygen atoms in total. The van der Waals surface area contributed by atoms with Crippen LogP contribution in [0.25, 0.3) is 10.8 Å². The van der Waals surface area contributed by atoms with Crippen molar-refractivity contribution in [1.29, 1.82) is 0 Å². The predicted molar refractivity (Wildman–Crippen MR) is 103 cm³/mol. The molecule has 1 unspecified atom stereocenters. The summed E-state index contributed by atoms with van der Waals surface area (Å²) in [5, 5.41) is 5.12. The molecule has 0 aliphatic heterocycles. The molecule has 1 atom stereocenters. The van der Waals surface area contributed by atoms with E-state index in [4.69, 9.17) is 4.74 Å². The molecule has 0 spiro atoms. The van der Waals surface area contributed by atoms with Crippen LogP contribution in [0.4, 0.5) is 5.69 Å². The van der Waals surface area contributed by atoms with E-state index >= 15 is 0 Å². The number of hydrogen-bond donors (Lipinski definition) is 1. The van der Waals surface area contributed by atoms with Crippen molar-refractivity contribution < 1.29 is 9.53 Å². The van der Waals surface area contributed by atoms with Gasteiger partial charge in [-0.1, -0.05) is 56.3 Å². The molecular formula is C22H23NO2. The molecule has 0 bridgehead atoms. The number of carbonyl (C=O) groups excluding carboxylic acids is 1. The van der Waals surface area contributed by atoms with Crippen LogP contribution in [0.3, 0.4) is 0 Å². The van der Waals surface area contributed by atoms with Crippen LogP contribution in [0.5, 0.6) is 5.75 Å². The van der Waals surface area contributed by atoms with Gasteiger partial charge in [-0.3, -0.25) is 4.79 Å². The standard InChI is InChI=1S/C22H23NO2/c1-3-16(2)17-8-11-20(12-9-17)23-22(24)15-25-21-13-10-18-6-4-5-7-19(18)14-21/h4-14,16H,3,15H2,1-2H3,(H,23,24). The number of ether oxygens (including phenoxy) is 1. The third-order valence-corrected chi connectivity index (χ3v) is 4.47. The van der Waals surface area contributed by atoms with Gasteiger partial charge in [-0.05, 0) is 52.9 Å². The predicted octanol–water partition coefficient (Wildman–Crippen LogP) is 5.37. The first-order valence-electron chi connectivity index (χ1n) is 8.67. The summed E-state index contributed by atoms with van der Waals surface area (Å²) in [5.74, 6) is 1.06. The summed E-state index contributed by atoms with van der Waals surface area (Å²) in [4.78, 5) is 12.1. The highest BCUT2D eigenvalue weighted by molar-refractivity contribution is 5.92. The molecule has 25 heavy (non-hydrogen) atoms. The molecule has 0 saturated heterocycles. The van der Waals surface area contributed by atoms with Crippen molar-refractivity contribution in [2.24, 2.45) is 0 Å². The van der Waals surface area contributed by atoms with Gasteiger partial charge < -0.3 is 10.1 Å². The number of hydrogen-bond acceptors (Lipinski definition) is 2. The Labute approximate surface area is 148 Å². The number of rotatable bonds is 6. The van der Waals surface area contributed by atoms with Gasteiger partial charge in [0.05, 0.1) is 0 Å². The summed E-state index contributed by atoms with van der Waals surface area (Å²) in [7, 11) is 0. The van der Waals surface area contributed by atoms with Crippen LogP contribution in [-0.4, -0.2) is 12.5 Å². The Morgan fingerprint density at radius 3 is 2.44 bits per heavy atom. The molecule has 0 fully saturated rings. The lowest BCUT2D eigenvalue weighted by molar-refractivity contribution is -0.118. The van der Waals surface area contributed by atoms with Crippen LogP contribution < -0.4 is 10.1 Å². The topological polar surface area (TPSA) is 38.3 Å². The van der Waals surface area contributed by atoms with Crippen molar-refractivity contribution in [3.8, 4) is 5.75 Å². The van der Waals surface area contributed by atoms with Crippen LogP contribution in [0.2, 0.25) is 0 Å². The van der Waals surface area contributed by atoms with Crippen molar-refractivity contribution in [1.82, 2.24) is 0 Å². The lowest BCUT2D eigenvalue weighted by atomic mass is 9.99. The summed E-state index contributed by atoms with van der Waals surface area (Å²) in [6.07, 6.45) is 1.10. The summed E-state index contributed by atoms with van der Waals surface area (Å²) in [5.41, 5.74) is 2.08. The summed E-state index contributed by atoms with van der Waals surface area (Å²) < 4.78 is 5.62. The summed E-state index contributed by atoms with van der Waals surface area (Å²) in [6, 6.07) is 21.9. The van der Waals surface area contributed by atoms with Crippen LogP contribution >= 0.6 is 0 Å². The fourth-order valence-corrected chi connectivity index (χ4v) is 2.73. The third-order valence-electron chi connectivity index (χ3n) is 4.47. The van der Waals surface area contributed by atoms with Gasteiger partial charge in [-0.25, -0.2) is 0 Å². The van der Waals surface area contributed by atoms with E-state index in [1.54, 1.807) is 0 Å². The van der Waals surface area contributed by atoms with Crippen molar-refractivity contribution in [2.45, 2.75) is 26.2 Å². The Kier molecular flexibility index (Phi) is 5.34. The number of benzene rings is 3. The first-order chi connectivity index (χ1) is 12.2. The Balaban J connectivity index is 1.56. The second-order valence-corrected chi connectivity index (χ2v) is 6.28. The Bertz CT molecular complexity index is 855. The molecule has 0 aromatic heterocycles. The Hall–Kier alpha value is -2.81. The maximum Gasteiger partial charge on any atom is 0.262 e. The molecule has 3 aromatic rings. The lowest BCUT2D eigenvalue weighted by Crippen LogP contribution is -2.20. The van der Waals surface area contributed by atoms with Gasteiger partial charge in [0.2, 0.25) is 0 Å². The van der Waals surface area contributed by atoms with Gasteiger partial charge in [0, 0.05) is 5.69 Å². The highest BCUT2D eigenvalue weighted by atomic mass is 16.5. The maximum atomic E-state index is 12.1. The average Bonchev–Trinajstić information content (AvgIpc) is 2.66. The van der Waals surface area contributed by atoms with E-state index in [-0.39, 0.29) is 12.5 Å². The molecule has 3 heteroatoms. The third kappa shape index (κ3) is 4.38. The fourth-order valence-electron chi connectivity index (χ4n) is 2.73. The second-order valence-electron chi connectivity index (χ2n) is 6.28. The van der Waals surface area contributed by atoms with E-state index in [9.17, 15) is 4.79 Å². The molecule has 3 rings (SSSR count). The Morgan fingerprint density at radius 2 is 1.72 bits per heavy atom. The molecule has 0 heterocycles. The van der Waals surface area contributed by atoms with E-state index in [0.717, 1.165) is 22.9 Å². The number of carbonyl (C=O) groups is 1. The lowest BCUT2D eigenvalue weighted by Gasteiger charge is -2.11. The van der Waals surface area contributed by atoms with E-state index < -0.39 is 0 Å². The van der Waals surface area contributed by atoms with Gasteiger partial charge >= 0.3 is 0 Å². The minimum absolute atomic E-state index is 0.00848. The summed E-state index contributed by atoms with van der Waals surface area (Å²) >= 11 is 0. The smallest absolute Gasteiger partial charge is 0.262 e. The van der Waals surface area contributed by atoms with Crippen molar-refractivity contribution >= 4 is 22.4 Å². The van der Waals surface area contributed by atoms with Crippen LogP contribution in [0, 0.1) is 0 Å². The fraction of sp³-hybridized carbons (Fsp3) is 0.227. The number of nitrogens with one attached hydrogen (secondary N) is 1. The van der Waals surface area contributed by atoms with Crippen molar-refractivity contribution in [3.05, 3.63) is 72.3 Å². The molecule has 0 saturated carbocycles. The zero-order chi connectivity index (χ0) is 17.6. The monoisotopic (exact) mass is 333 g/mol. The minimum atomic E-state index is -0.163. The summed E-state index contributed by atoms with van der Waals surface area (Å²) in [6.45, 7) is 4.36. The van der Waals surface area contributed by atoms with E-state index in [2.05, 4.69) is 37.4 Å². The van der Waals surface area contributed by atoms with Gasteiger partial charge in [-0.15, -0.1) is 0 Å².